The summed E-state index contributed by atoms with van der Waals surface area (Å²) in [7, 11) is 1.24. The fourth-order valence-electron chi connectivity index (χ4n) is 1.28. The van der Waals surface area contributed by atoms with Gasteiger partial charge in [-0.1, -0.05) is 6.92 Å². The van der Waals surface area contributed by atoms with Crippen LogP contribution in [-0.4, -0.2) is 30.4 Å². The van der Waals surface area contributed by atoms with Crippen LogP contribution in [0.1, 0.15) is 47.0 Å². The Morgan fingerprint density at radius 2 is 1.67 bits per heavy atom. The quantitative estimate of drug-likeness (QED) is 0.537. The van der Waals surface area contributed by atoms with Gasteiger partial charge < -0.3 is 9.47 Å². The summed E-state index contributed by atoms with van der Waals surface area (Å²) in [5, 5.41) is 0. The van der Waals surface area contributed by atoms with E-state index in [-0.39, 0.29) is 30.5 Å². The Morgan fingerprint density at radius 3 is 2.11 bits per heavy atom. The summed E-state index contributed by atoms with van der Waals surface area (Å²) in [5.74, 6) is -1.45. The Bertz CT molecular complexity index is 314. The molecule has 0 bridgehead atoms. The molecule has 0 radical (unpaired) electrons. The highest BCUT2D eigenvalue weighted by molar-refractivity contribution is 5.96. The first kappa shape index (κ1) is 16.6. The fourth-order valence-corrected chi connectivity index (χ4v) is 1.28. The molecule has 0 N–H and O–H groups in total. The van der Waals surface area contributed by atoms with E-state index in [9.17, 15) is 14.4 Å². The molecule has 0 aliphatic heterocycles. The van der Waals surface area contributed by atoms with Gasteiger partial charge in [-0.05, 0) is 27.2 Å². The van der Waals surface area contributed by atoms with Gasteiger partial charge in [-0.25, -0.2) is 0 Å². The number of ketones is 1. The van der Waals surface area contributed by atoms with Crippen LogP contribution in [0.5, 0.6) is 0 Å². The summed E-state index contributed by atoms with van der Waals surface area (Å²) in [6.45, 7) is 7.06. The molecule has 0 aromatic heterocycles. The van der Waals surface area contributed by atoms with E-state index in [0.29, 0.717) is 6.42 Å². The second-order valence-corrected chi connectivity index (χ2v) is 5.25. The maximum Gasteiger partial charge on any atom is 0.313 e. The van der Waals surface area contributed by atoms with Crippen molar-refractivity contribution in [3.05, 3.63) is 0 Å². The van der Waals surface area contributed by atoms with E-state index in [2.05, 4.69) is 4.74 Å². The molecule has 18 heavy (non-hydrogen) atoms. The minimum Gasteiger partial charge on any atom is -0.469 e. The van der Waals surface area contributed by atoms with E-state index >= 15 is 0 Å². The van der Waals surface area contributed by atoms with Crippen molar-refractivity contribution >= 4 is 17.7 Å². The van der Waals surface area contributed by atoms with Crippen molar-refractivity contribution in [1.29, 1.82) is 0 Å². The molecule has 0 saturated carbocycles. The summed E-state index contributed by atoms with van der Waals surface area (Å²) in [6, 6.07) is 0. The molecule has 0 rings (SSSR count). The first-order valence-electron chi connectivity index (χ1n) is 5.97. The average Bonchev–Trinajstić information content (AvgIpc) is 2.23. The van der Waals surface area contributed by atoms with Crippen molar-refractivity contribution in [2.45, 2.75) is 52.6 Å². The molecule has 5 heteroatoms. The van der Waals surface area contributed by atoms with Gasteiger partial charge in [0.2, 0.25) is 0 Å². The van der Waals surface area contributed by atoms with Crippen LogP contribution < -0.4 is 0 Å². The number of rotatable bonds is 6. The Kier molecular flexibility index (Phi) is 6.58. The van der Waals surface area contributed by atoms with Crippen molar-refractivity contribution in [2.75, 3.05) is 7.11 Å². The molecule has 0 aliphatic rings. The number of hydrogen-bond donors (Lipinski definition) is 0. The zero-order chi connectivity index (χ0) is 14.3. The smallest absolute Gasteiger partial charge is 0.313 e. The number of hydrogen-bond acceptors (Lipinski definition) is 5. The Morgan fingerprint density at radius 1 is 1.11 bits per heavy atom. The molecular formula is C13H22O5. The number of methoxy groups -OCH3 is 1. The van der Waals surface area contributed by atoms with E-state index in [1.807, 2.05) is 0 Å². The highest BCUT2D eigenvalue weighted by Crippen LogP contribution is 2.13. The number of Topliss-reactive ketones (excluding diaryl/α,β-unsaturated/α-hetero) is 1. The maximum atomic E-state index is 11.6. The van der Waals surface area contributed by atoms with Crippen molar-refractivity contribution in [3.63, 3.8) is 0 Å². The van der Waals surface area contributed by atoms with Gasteiger partial charge in [0, 0.05) is 12.3 Å². The van der Waals surface area contributed by atoms with Crippen LogP contribution in [0.4, 0.5) is 0 Å². The molecule has 0 fully saturated rings. The number of carbonyl (C=O) groups excluding carboxylic acids is 3. The Hall–Kier alpha value is -1.39. The predicted octanol–water partition coefficient (Wildman–Crippen LogP) is 1.88. The zero-order valence-electron chi connectivity index (χ0n) is 11.7. The van der Waals surface area contributed by atoms with Crippen molar-refractivity contribution in [3.8, 4) is 0 Å². The monoisotopic (exact) mass is 258 g/mol. The van der Waals surface area contributed by atoms with E-state index in [1.165, 1.54) is 7.11 Å². The van der Waals surface area contributed by atoms with Gasteiger partial charge >= 0.3 is 11.9 Å². The molecule has 0 heterocycles. The topological polar surface area (TPSA) is 69.7 Å². The average molecular weight is 258 g/mol. The zero-order valence-corrected chi connectivity index (χ0v) is 11.7. The molecule has 104 valence electrons. The lowest BCUT2D eigenvalue weighted by Crippen LogP contribution is -2.24. The van der Waals surface area contributed by atoms with E-state index in [4.69, 9.17) is 4.74 Å². The number of ether oxygens (including phenoxy) is 2. The normalized spacial score (nSPS) is 12.7. The molecule has 0 unspecified atom stereocenters. The maximum absolute atomic E-state index is 11.6. The third kappa shape index (κ3) is 7.81. The fraction of sp³-hybridized carbons (Fsp3) is 0.769. The molecule has 0 aromatic rings. The van der Waals surface area contributed by atoms with Crippen LogP contribution in [0.25, 0.3) is 0 Å². The number of carbonyl (C=O) groups is 3. The molecule has 0 aromatic carbocycles. The SMILES string of the molecule is COC(=O)CC(=O)[C@H](C)CCC(=O)OC(C)(C)C. The van der Waals surface area contributed by atoms with Gasteiger partial charge in [-0.3, -0.25) is 14.4 Å². The van der Waals surface area contributed by atoms with Crippen LogP contribution in [0, 0.1) is 5.92 Å². The predicted molar refractivity (Wildman–Crippen MR) is 65.9 cm³/mol. The van der Waals surface area contributed by atoms with Gasteiger partial charge in [0.05, 0.1) is 7.11 Å². The molecule has 0 spiro atoms. The van der Waals surface area contributed by atoms with Crippen LogP contribution >= 0.6 is 0 Å². The first-order valence-corrected chi connectivity index (χ1v) is 5.97. The summed E-state index contributed by atoms with van der Waals surface area (Å²) in [5.41, 5.74) is -0.518. The van der Waals surface area contributed by atoms with Crippen LogP contribution in [0.3, 0.4) is 0 Å². The number of esters is 2. The third-order valence-corrected chi connectivity index (χ3v) is 2.30. The first-order chi connectivity index (χ1) is 8.15. The standard InChI is InChI=1S/C13H22O5/c1-9(10(14)8-12(16)17-5)6-7-11(15)18-13(2,3)4/h9H,6-8H2,1-5H3/t9-/m1/s1. The summed E-state index contributed by atoms with van der Waals surface area (Å²) in [4.78, 5) is 33.9. The van der Waals surface area contributed by atoms with Crippen molar-refractivity contribution in [2.24, 2.45) is 5.92 Å². The van der Waals surface area contributed by atoms with Gasteiger partial charge in [0.25, 0.3) is 0 Å². The minimum atomic E-state index is -0.552. The van der Waals surface area contributed by atoms with Gasteiger partial charge in [0.1, 0.15) is 17.8 Å². The largest absolute Gasteiger partial charge is 0.469 e. The van der Waals surface area contributed by atoms with Crippen molar-refractivity contribution in [1.82, 2.24) is 0 Å². The Labute approximate surface area is 108 Å². The summed E-state index contributed by atoms with van der Waals surface area (Å²) >= 11 is 0. The second-order valence-electron chi connectivity index (χ2n) is 5.25. The molecule has 0 aliphatic carbocycles. The van der Waals surface area contributed by atoms with Gasteiger partial charge in [-0.15, -0.1) is 0 Å². The van der Waals surface area contributed by atoms with E-state index in [0.717, 1.165) is 0 Å². The molecule has 1 atom stereocenters. The van der Waals surface area contributed by atoms with Crippen LogP contribution in [-0.2, 0) is 23.9 Å². The molecular weight excluding hydrogens is 236 g/mol. The highest BCUT2D eigenvalue weighted by atomic mass is 16.6. The minimum absolute atomic E-state index is 0.172. The lowest BCUT2D eigenvalue weighted by Gasteiger charge is -2.20. The van der Waals surface area contributed by atoms with Gasteiger partial charge in [-0.2, -0.15) is 0 Å². The summed E-state index contributed by atoms with van der Waals surface area (Å²) < 4.78 is 9.54. The highest BCUT2D eigenvalue weighted by Gasteiger charge is 2.20. The lowest BCUT2D eigenvalue weighted by atomic mass is 9.98. The Balaban J connectivity index is 4.03. The summed E-state index contributed by atoms with van der Waals surface area (Å²) in [6.07, 6.45) is 0.308. The second kappa shape index (κ2) is 7.13. The lowest BCUT2D eigenvalue weighted by molar-refractivity contribution is -0.155. The molecule has 5 nitrogen and oxygen atoms in total. The van der Waals surface area contributed by atoms with Crippen molar-refractivity contribution < 1.29 is 23.9 Å². The van der Waals surface area contributed by atoms with Crippen LogP contribution in [0.15, 0.2) is 0 Å². The van der Waals surface area contributed by atoms with Crippen LogP contribution in [0.2, 0.25) is 0 Å². The molecule has 0 saturated heterocycles. The molecule has 0 amide bonds. The van der Waals surface area contributed by atoms with E-state index in [1.54, 1.807) is 27.7 Å². The van der Waals surface area contributed by atoms with E-state index < -0.39 is 11.6 Å². The third-order valence-electron chi connectivity index (χ3n) is 2.30. The van der Waals surface area contributed by atoms with Gasteiger partial charge in [0.15, 0.2) is 0 Å².